The van der Waals surface area contributed by atoms with Gasteiger partial charge >= 0.3 is 6.09 Å². The maximum absolute atomic E-state index is 10.5. The van der Waals surface area contributed by atoms with Crippen LogP contribution in [-0.4, -0.2) is 43.3 Å². The maximum Gasteiger partial charge on any atom is 0.404 e. The number of carbonyl (C=O) groups is 1. The minimum Gasteiger partial charge on any atom is -0.448 e. The number of benzene rings is 1. The number of ether oxygens (including phenoxy) is 1. The molecule has 0 bridgehead atoms. The summed E-state index contributed by atoms with van der Waals surface area (Å²) < 4.78 is 4.72. The van der Waals surface area contributed by atoms with E-state index in [1.54, 1.807) is 0 Å². The molecule has 20 heavy (non-hydrogen) atoms. The van der Waals surface area contributed by atoms with Gasteiger partial charge in [0, 0.05) is 25.7 Å². The molecule has 1 aromatic rings. The molecule has 1 aromatic carbocycles. The molecule has 0 spiro atoms. The summed E-state index contributed by atoms with van der Waals surface area (Å²) >= 11 is 0. The van der Waals surface area contributed by atoms with E-state index in [2.05, 4.69) is 34.5 Å². The van der Waals surface area contributed by atoms with Gasteiger partial charge in [-0.3, -0.25) is 4.90 Å². The van der Waals surface area contributed by atoms with Gasteiger partial charge in [-0.15, -0.1) is 0 Å². The Morgan fingerprint density at radius 1 is 1.40 bits per heavy atom. The third-order valence-electron chi connectivity index (χ3n) is 3.53. The smallest absolute Gasteiger partial charge is 0.404 e. The highest BCUT2D eigenvalue weighted by Gasteiger charge is 2.19. The molecule has 1 saturated heterocycles. The van der Waals surface area contributed by atoms with Gasteiger partial charge in [-0.05, 0) is 24.9 Å². The first kappa shape index (κ1) is 14.8. The Labute approximate surface area is 120 Å². The number of hydrogen-bond donors (Lipinski definition) is 2. The number of rotatable bonds is 6. The lowest BCUT2D eigenvalue weighted by Gasteiger charge is -2.33. The predicted molar refractivity (Wildman–Crippen MR) is 78.3 cm³/mol. The van der Waals surface area contributed by atoms with Gasteiger partial charge in [0.1, 0.15) is 6.61 Å². The van der Waals surface area contributed by atoms with Gasteiger partial charge in [-0.1, -0.05) is 30.3 Å². The van der Waals surface area contributed by atoms with Crippen LogP contribution in [0.15, 0.2) is 30.3 Å². The van der Waals surface area contributed by atoms with Crippen molar-refractivity contribution < 1.29 is 9.53 Å². The fourth-order valence-corrected chi connectivity index (χ4v) is 2.62. The predicted octanol–water partition coefficient (Wildman–Crippen LogP) is 1.34. The normalized spacial score (nSPS) is 19.7. The van der Waals surface area contributed by atoms with Crippen LogP contribution < -0.4 is 11.1 Å². The summed E-state index contributed by atoms with van der Waals surface area (Å²) in [5.41, 5.74) is 6.27. The Balaban J connectivity index is 1.70. The van der Waals surface area contributed by atoms with Crippen molar-refractivity contribution in [2.45, 2.75) is 25.4 Å². The van der Waals surface area contributed by atoms with Crippen LogP contribution >= 0.6 is 0 Å². The maximum atomic E-state index is 10.5. The lowest BCUT2D eigenvalue weighted by molar-refractivity contribution is 0.147. The first-order valence-corrected chi connectivity index (χ1v) is 7.16. The number of primary amides is 1. The number of nitrogens with two attached hydrogens (primary N) is 1. The molecule has 1 atom stereocenters. The fraction of sp³-hybridized carbons (Fsp3) is 0.533. The minimum atomic E-state index is -0.707. The number of hydrogen-bond acceptors (Lipinski definition) is 4. The van der Waals surface area contributed by atoms with E-state index in [4.69, 9.17) is 10.5 Å². The molecular formula is C15H23N3O2. The third kappa shape index (κ3) is 5.19. The molecule has 1 aliphatic heterocycles. The van der Waals surface area contributed by atoms with E-state index >= 15 is 0 Å². The molecule has 110 valence electrons. The first-order valence-electron chi connectivity index (χ1n) is 7.16. The standard InChI is InChI=1S/C15H23N3O2/c16-15(19)20-10-8-17-14-7-4-9-18(12-14)11-13-5-2-1-3-6-13/h1-3,5-6,14,17H,4,7-12H2,(H2,16,19). The molecule has 0 saturated carbocycles. The Kier molecular flexibility index (Phi) is 5.83. The van der Waals surface area contributed by atoms with Crippen molar-refractivity contribution in [1.82, 2.24) is 10.2 Å². The molecule has 0 aliphatic carbocycles. The Hall–Kier alpha value is -1.59. The number of nitrogens with one attached hydrogen (secondary N) is 1. The number of piperidine rings is 1. The van der Waals surface area contributed by atoms with Gasteiger partial charge in [-0.2, -0.15) is 0 Å². The van der Waals surface area contributed by atoms with Crippen molar-refractivity contribution in [2.24, 2.45) is 5.73 Å². The summed E-state index contributed by atoms with van der Waals surface area (Å²) in [6.45, 7) is 4.17. The van der Waals surface area contributed by atoms with Crippen molar-refractivity contribution in [3.8, 4) is 0 Å². The number of likely N-dealkylation sites (tertiary alicyclic amines) is 1. The Bertz CT molecular complexity index is 411. The van der Waals surface area contributed by atoms with Gasteiger partial charge in [0.15, 0.2) is 0 Å². The van der Waals surface area contributed by atoms with E-state index in [0.717, 1.165) is 19.6 Å². The number of amides is 1. The average Bonchev–Trinajstić information content (AvgIpc) is 2.45. The molecule has 1 amide bonds. The van der Waals surface area contributed by atoms with Crippen LogP contribution in [0.3, 0.4) is 0 Å². The highest BCUT2D eigenvalue weighted by molar-refractivity contribution is 5.64. The second kappa shape index (κ2) is 7.87. The van der Waals surface area contributed by atoms with Crippen LogP contribution in [0.25, 0.3) is 0 Å². The Morgan fingerprint density at radius 3 is 2.95 bits per heavy atom. The van der Waals surface area contributed by atoms with E-state index in [1.807, 2.05) is 6.07 Å². The fourth-order valence-electron chi connectivity index (χ4n) is 2.62. The van der Waals surface area contributed by atoms with E-state index in [0.29, 0.717) is 19.2 Å². The van der Waals surface area contributed by atoms with Crippen LogP contribution in [0.5, 0.6) is 0 Å². The summed E-state index contributed by atoms with van der Waals surface area (Å²) in [6, 6.07) is 11.0. The topological polar surface area (TPSA) is 67.6 Å². The van der Waals surface area contributed by atoms with Gasteiger partial charge < -0.3 is 15.8 Å². The summed E-state index contributed by atoms with van der Waals surface area (Å²) in [6.07, 6.45) is 1.66. The van der Waals surface area contributed by atoms with Crippen LogP contribution in [0.2, 0.25) is 0 Å². The molecule has 1 heterocycles. The number of carbonyl (C=O) groups excluding carboxylic acids is 1. The molecule has 1 aliphatic rings. The quantitative estimate of drug-likeness (QED) is 0.770. The lowest BCUT2D eigenvalue weighted by atomic mass is 10.0. The van der Waals surface area contributed by atoms with E-state index in [9.17, 15) is 4.79 Å². The molecule has 3 N–H and O–H groups in total. The number of nitrogens with zero attached hydrogens (tertiary/aromatic N) is 1. The van der Waals surface area contributed by atoms with Gasteiger partial charge in [0.05, 0.1) is 0 Å². The highest BCUT2D eigenvalue weighted by atomic mass is 16.5. The van der Waals surface area contributed by atoms with Crippen molar-refractivity contribution in [3.05, 3.63) is 35.9 Å². The zero-order chi connectivity index (χ0) is 14.2. The zero-order valence-electron chi connectivity index (χ0n) is 11.8. The second-order valence-electron chi connectivity index (χ2n) is 5.18. The summed E-state index contributed by atoms with van der Waals surface area (Å²) in [5, 5.41) is 3.42. The van der Waals surface area contributed by atoms with Gasteiger partial charge in [0.25, 0.3) is 0 Å². The largest absolute Gasteiger partial charge is 0.448 e. The Morgan fingerprint density at radius 2 is 2.20 bits per heavy atom. The molecule has 5 heteroatoms. The van der Waals surface area contributed by atoms with E-state index in [-0.39, 0.29) is 0 Å². The monoisotopic (exact) mass is 277 g/mol. The van der Waals surface area contributed by atoms with Crippen LogP contribution in [0.4, 0.5) is 4.79 Å². The molecule has 0 radical (unpaired) electrons. The molecule has 0 aromatic heterocycles. The van der Waals surface area contributed by atoms with Crippen molar-refractivity contribution in [3.63, 3.8) is 0 Å². The summed E-state index contributed by atoms with van der Waals surface area (Å²) in [7, 11) is 0. The zero-order valence-corrected chi connectivity index (χ0v) is 11.8. The van der Waals surface area contributed by atoms with Crippen LogP contribution in [-0.2, 0) is 11.3 Å². The third-order valence-corrected chi connectivity index (χ3v) is 3.53. The van der Waals surface area contributed by atoms with Crippen molar-refractivity contribution in [2.75, 3.05) is 26.2 Å². The molecule has 1 unspecified atom stereocenters. The van der Waals surface area contributed by atoms with Crippen LogP contribution in [0, 0.1) is 0 Å². The average molecular weight is 277 g/mol. The highest BCUT2D eigenvalue weighted by Crippen LogP contribution is 2.13. The van der Waals surface area contributed by atoms with Crippen molar-refractivity contribution in [1.29, 1.82) is 0 Å². The summed E-state index contributed by atoms with van der Waals surface area (Å²) in [4.78, 5) is 12.9. The van der Waals surface area contributed by atoms with Crippen molar-refractivity contribution >= 4 is 6.09 Å². The molecule has 2 rings (SSSR count). The minimum absolute atomic E-state index is 0.338. The summed E-state index contributed by atoms with van der Waals surface area (Å²) in [5.74, 6) is 0. The van der Waals surface area contributed by atoms with Gasteiger partial charge in [-0.25, -0.2) is 4.79 Å². The molecule has 5 nitrogen and oxygen atoms in total. The second-order valence-corrected chi connectivity index (χ2v) is 5.18. The van der Waals surface area contributed by atoms with Crippen LogP contribution in [0.1, 0.15) is 18.4 Å². The lowest BCUT2D eigenvalue weighted by Crippen LogP contribution is -2.46. The molecular weight excluding hydrogens is 254 g/mol. The van der Waals surface area contributed by atoms with E-state index in [1.165, 1.54) is 18.4 Å². The SMILES string of the molecule is NC(=O)OCCNC1CCCN(Cc2ccccc2)C1. The van der Waals surface area contributed by atoms with Gasteiger partial charge in [0.2, 0.25) is 0 Å². The first-order chi connectivity index (χ1) is 9.74. The van der Waals surface area contributed by atoms with E-state index < -0.39 is 6.09 Å². The molecule has 1 fully saturated rings.